The van der Waals surface area contributed by atoms with Gasteiger partial charge in [-0.3, -0.25) is 14.8 Å². The lowest BCUT2D eigenvalue weighted by Crippen LogP contribution is -2.51. The van der Waals surface area contributed by atoms with Gasteiger partial charge in [0.25, 0.3) is 0 Å². The maximum absolute atomic E-state index is 8.58. The number of benzene rings is 1. The van der Waals surface area contributed by atoms with Crippen molar-refractivity contribution in [3.8, 4) is 0 Å². The van der Waals surface area contributed by atoms with E-state index in [1.807, 2.05) is 6.21 Å². The van der Waals surface area contributed by atoms with Crippen LogP contribution in [0.25, 0.3) is 20.9 Å². The van der Waals surface area contributed by atoms with E-state index in [9.17, 15) is 0 Å². The van der Waals surface area contributed by atoms with Crippen molar-refractivity contribution in [3.05, 3.63) is 67.9 Å². The van der Waals surface area contributed by atoms with E-state index in [-0.39, 0.29) is 6.04 Å². The van der Waals surface area contributed by atoms with Crippen LogP contribution in [0.5, 0.6) is 0 Å². The second-order valence-electron chi connectivity index (χ2n) is 7.55. The van der Waals surface area contributed by atoms with E-state index in [0.717, 1.165) is 39.3 Å². The van der Waals surface area contributed by atoms with Crippen LogP contribution in [0.4, 0.5) is 0 Å². The number of nitrogens with zero attached hydrogens (tertiary/aromatic N) is 9. The van der Waals surface area contributed by atoms with Gasteiger partial charge in [0.2, 0.25) is 0 Å². The molecule has 0 aromatic heterocycles. The van der Waals surface area contributed by atoms with Crippen molar-refractivity contribution >= 4 is 6.21 Å². The second kappa shape index (κ2) is 10.6. The molecule has 1 saturated heterocycles. The molecule has 2 aliphatic rings. The summed E-state index contributed by atoms with van der Waals surface area (Å²) in [6.45, 7) is 8.10. The zero-order valence-corrected chi connectivity index (χ0v) is 16.8. The molecule has 0 radical (unpaired) electrons. The Hall–Kier alpha value is -2.83. The molecule has 1 unspecified atom stereocenters. The molecule has 29 heavy (non-hydrogen) atoms. The molecule has 9 heteroatoms. The highest BCUT2D eigenvalue weighted by molar-refractivity contribution is 5.79. The SMILES string of the molecule is CC1=CC(c2ccc(CN3CCN(C(CN=[N+]=[N-])CN=[N+]=[N-])CC3)cc2)CN=C1. The number of piperazine rings is 1. The van der Waals surface area contributed by atoms with Crippen LogP contribution in [0.2, 0.25) is 0 Å². The summed E-state index contributed by atoms with van der Waals surface area (Å²) in [6, 6.07) is 8.84. The summed E-state index contributed by atoms with van der Waals surface area (Å²) < 4.78 is 0. The highest BCUT2D eigenvalue weighted by Gasteiger charge is 2.23. The molecule has 2 aliphatic heterocycles. The summed E-state index contributed by atoms with van der Waals surface area (Å²) in [6.07, 6.45) is 4.22. The molecule has 0 aliphatic carbocycles. The van der Waals surface area contributed by atoms with Crippen LogP contribution < -0.4 is 0 Å². The number of hydrogen-bond donors (Lipinski definition) is 0. The first-order valence-electron chi connectivity index (χ1n) is 9.95. The first-order valence-corrected chi connectivity index (χ1v) is 9.95. The maximum atomic E-state index is 8.58. The molecule has 0 bridgehead atoms. The summed E-state index contributed by atoms with van der Waals surface area (Å²) in [5.41, 5.74) is 21.0. The molecular formula is C20H27N9. The molecule has 0 saturated carbocycles. The highest BCUT2D eigenvalue weighted by Crippen LogP contribution is 2.23. The maximum Gasteiger partial charge on any atom is 0.0493 e. The van der Waals surface area contributed by atoms with Gasteiger partial charge in [-0.15, -0.1) is 0 Å². The fraction of sp³-hybridized carbons (Fsp3) is 0.550. The molecule has 9 nitrogen and oxygen atoms in total. The lowest BCUT2D eigenvalue weighted by Gasteiger charge is -2.38. The number of rotatable bonds is 8. The van der Waals surface area contributed by atoms with Gasteiger partial charge < -0.3 is 0 Å². The first-order chi connectivity index (χ1) is 14.2. The van der Waals surface area contributed by atoms with Gasteiger partial charge in [-0.05, 0) is 34.7 Å². The Balaban J connectivity index is 1.51. The van der Waals surface area contributed by atoms with Gasteiger partial charge in [-0.1, -0.05) is 40.6 Å². The van der Waals surface area contributed by atoms with E-state index in [2.05, 4.69) is 72.1 Å². The van der Waals surface area contributed by atoms with Crippen LogP contribution >= 0.6 is 0 Å². The van der Waals surface area contributed by atoms with E-state index >= 15 is 0 Å². The number of dihydropyridines is 1. The molecule has 2 heterocycles. The molecule has 152 valence electrons. The fourth-order valence-corrected chi connectivity index (χ4v) is 3.89. The summed E-state index contributed by atoms with van der Waals surface area (Å²) >= 11 is 0. The minimum atomic E-state index is -0.0297. The summed E-state index contributed by atoms with van der Waals surface area (Å²) in [4.78, 5) is 14.8. The Kier molecular flexibility index (Phi) is 7.67. The third kappa shape index (κ3) is 6.07. The quantitative estimate of drug-likeness (QED) is 0.378. The molecule has 0 N–H and O–H groups in total. The molecule has 1 aromatic carbocycles. The van der Waals surface area contributed by atoms with E-state index < -0.39 is 0 Å². The van der Waals surface area contributed by atoms with Gasteiger partial charge in [0.05, 0.1) is 0 Å². The van der Waals surface area contributed by atoms with Gasteiger partial charge in [0.1, 0.15) is 0 Å². The zero-order valence-electron chi connectivity index (χ0n) is 16.8. The average molecular weight is 393 g/mol. The van der Waals surface area contributed by atoms with Crippen molar-refractivity contribution in [2.24, 2.45) is 15.2 Å². The number of hydrogen-bond acceptors (Lipinski definition) is 5. The van der Waals surface area contributed by atoms with Gasteiger partial charge in [0, 0.05) is 80.4 Å². The van der Waals surface area contributed by atoms with Crippen LogP contribution in [0.1, 0.15) is 24.0 Å². The Morgan fingerprint density at radius 2 is 1.72 bits per heavy atom. The molecular weight excluding hydrogens is 366 g/mol. The zero-order chi connectivity index (χ0) is 20.5. The van der Waals surface area contributed by atoms with Crippen molar-refractivity contribution in [1.29, 1.82) is 0 Å². The van der Waals surface area contributed by atoms with Crippen molar-refractivity contribution in [1.82, 2.24) is 9.80 Å². The van der Waals surface area contributed by atoms with E-state index in [1.165, 1.54) is 16.7 Å². The van der Waals surface area contributed by atoms with Gasteiger partial charge in [-0.25, -0.2) is 0 Å². The van der Waals surface area contributed by atoms with E-state index in [1.54, 1.807) is 0 Å². The summed E-state index contributed by atoms with van der Waals surface area (Å²) in [5.74, 6) is 0.377. The minimum Gasteiger partial charge on any atom is -0.298 e. The van der Waals surface area contributed by atoms with Crippen molar-refractivity contribution < 1.29 is 0 Å². The number of azide groups is 2. The topological polar surface area (TPSA) is 116 Å². The molecule has 0 spiro atoms. The number of aliphatic imine (C=N–C) groups is 1. The lowest BCUT2D eigenvalue weighted by atomic mass is 9.94. The van der Waals surface area contributed by atoms with Gasteiger partial charge in [-0.2, -0.15) is 0 Å². The smallest absolute Gasteiger partial charge is 0.0493 e. The minimum absolute atomic E-state index is 0.0297. The average Bonchev–Trinajstić information content (AvgIpc) is 2.75. The predicted octanol–water partition coefficient (Wildman–Crippen LogP) is 3.91. The predicted molar refractivity (Wildman–Crippen MR) is 115 cm³/mol. The normalized spacial score (nSPS) is 21.0. The second-order valence-corrected chi connectivity index (χ2v) is 7.55. The Morgan fingerprint density at radius 1 is 1.07 bits per heavy atom. The van der Waals surface area contributed by atoms with E-state index in [4.69, 9.17) is 11.1 Å². The largest absolute Gasteiger partial charge is 0.298 e. The molecule has 1 atom stereocenters. The van der Waals surface area contributed by atoms with Crippen LogP contribution in [0.15, 0.2) is 51.1 Å². The van der Waals surface area contributed by atoms with E-state index in [0.29, 0.717) is 19.0 Å². The van der Waals surface area contributed by atoms with Crippen molar-refractivity contribution in [2.45, 2.75) is 25.4 Å². The van der Waals surface area contributed by atoms with Gasteiger partial charge in [0.15, 0.2) is 0 Å². The summed E-state index contributed by atoms with van der Waals surface area (Å²) in [5, 5.41) is 7.34. The first kappa shape index (κ1) is 20.9. The molecule has 0 amide bonds. The van der Waals surface area contributed by atoms with Crippen molar-refractivity contribution in [3.63, 3.8) is 0 Å². The Labute approximate surface area is 171 Å². The van der Waals surface area contributed by atoms with Crippen LogP contribution in [0, 0.1) is 0 Å². The fourth-order valence-electron chi connectivity index (χ4n) is 3.89. The Morgan fingerprint density at radius 3 is 2.31 bits per heavy atom. The summed E-state index contributed by atoms with van der Waals surface area (Å²) in [7, 11) is 0. The highest BCUT2D eigenvalue weighted by atomic mass is 15.3. The van der Waals surface area contributed by atoms with Gasteiger partial charge >= 0.3 is 0 Å². The van der Waals surface area contributed by atoms with Crippen LogP contribution in [-0.4, -0.2) is 67.9 Å². The van der Waals surface area contributed by atoms with Crippen molar-refractivity contribution in [2.75, 3.05) is 45.8 Å². The molecule has 3 rings (SSSR count). The number of allylic oxidation sites excluding steroid dienone is 1. The monoisotopic (exact) mass is 393 g/mol. The lowest BCUT2D eigenvalue weighted by molar-refractivity contribution is 0.0970. The third-order valence-electron chi connectivity index (χ3n) is 5.51. The molecule has 1 aromatic rings. The standard InChI is InChI=1S/C20H27N9/c1-16-10-19(12-23-11-16)18-4-2-17(3-5-18)15-28-6-8-29(9-7-28)20(13-24-26-21)14-25-27-22/h2-5,10-11,19-20H,6-9,12-15H2,1H3. The van der Waals surface area contributed by atoms with Crippen LogP contribution in [-0.2, 0) is 6.54 Å². The van der Waals surface area contributed by atoms with Crippen LogP contribution in [0.3, 0.4) is 0 Å². The Bertz CT molecular complexity index is 804. The molecule has 1 fully saturated rings. The third-order valence-corrected chi connectivity index (χ3v) is 5.51.